The molecule has 0 unspecified atom stereocenters. The van der Waals surface area contributed by atoms with Crippen molar-refractivity contribution >= 4 is 17.2 Å². The Morgan fingerprint density at radius 1 is 0.864 bits per heavy atom. The van der Waals surface area contributed by atoms with Gasteiger partial charge in [-0.2, -0.15) is 0 Å². The average Bonchev–Trinajstić information content (AvgIpc) is 2.99. The molecule has 2 aromatic heterocycles. The third-order valence-electron chi connectivity index (χ3n) is 3.55. The van der Waals surface area contributed by atoms with Crippen molar-refractivity contribution in [3.05, 3.63) is 78.2 Å². The number of nitrogens with zero attached hydrogens (tertiary/aromatic N) is 3. The molecule has 0 aliphatic heterocycles. The molecule has 0 bridgehead atoms. The lowest BCUT2D eigenvalue weighted by atomic mass is 10.1. The average molecular weight is 305 g/mol. The molecule has 4 heteroatoms. The van der Waals surface area contributed by atoms with Crippen molar-refractivity contribution in [3.63, 3.8) is 0 Å². The Bertz CT molecular complexity index is 928. The molecule has 2 heterocycles. The minimum Gasteiger partial charge on any atom is -0.296 e. The Morgan fingerprint density at radius 2 is 1.64 bits per heavy atom. The van der Waals surface area contributed by atoms with Crippen LogP contribution in [0.4, 0.5) is 0 Å². The van der Waals surface area contributed by atoms with Gasteiger partial charge in [0.2, 0.25) is 0 Å². The van der Waals surface area contributed by atoms with Crippen LogP contribution < -0.4 is 0 Å². The van der Waals surface area contributed by atoms with E-state index in [9.17, 15) is 0 Å². The Morgan fingerprint density at radius 3 is 2.41 bits per heavy atom. The number of aromatic nitrogens is 3. The molecule has 0 spiro atoms. The monoisotopic (exact) mass is 304 g/mol. The molecule has 2 aromatic carbocycles. The topological polar surface area (TPSA) is 30.2 Å². The third-order valence-corrected chi connectivity index (χ3v) is 3.80. The Labute approximate surface area is 132 Å². The summed E-state index contributed by atoms with van der Waals surface area (Å²) in [6.45, 7) is 0. The van der Waals surface area contributed by atoms with Gasteiger partial charge in [0.1, 0.15) is 0 Å². The minimum absolute atomic E-state index is 0.723. The molecule has 4 aromatic rings. The normalized spacial score (nSPS) is 11.0. The van der Waals surface area contributed by atoms with Crippen molar-refractivity contribution in [1.29, 1.82) is 0 Å². The summed E-state index contributed by atoms with van der Waals surface area (Å²) in [7, 11) is 0. The van der Waals surface area contributed by atoms with E-state index in [0.717, 1.165) is 33.2 Å². The molecule has 22 heavy (non-hydrogen) atoms. The highest BCUT2D eigenvalue weighted by Crippen LogP contribution is 2.24. The fourth-order valence-electron chi connectivity index (χ4n) is 2.43. The predicted molar refractivity (Wildman–Crippen MR) is 87.7 cm³/mol. The summed E-state index contributed by atoms with van der Waals surface area (Å²) < 4.78 is 2.04. The van der Waals surface area contributed by atoms with Crippen molar-refractivity contribution in [2.24, 2.45) is 0 Å². The summed E-state index contributed by atoms with van der Waals surface area (Å²) in [4.78, 5) is 8.89. The van der Waals surface area contributed by atoms with Crippen LogP contribution in [0.1, 0.15) is 0 Å². The van der Waals surface area contributed by atoms with Crippen LogP contribution in [-0.4, -0.2) is 14.4 Å². The quantitative estimate of drug-likeness (QED) is 0.545. The highest BCUT2D eigenvalue weighted by atomic mass is 35.5. The first-order valence-corrected chi connectivity index (χ1v) is 7.24. The van der Waals surface area contributed by atoms with Crippen LogP contribution in [0.15, 0.2) is 67.1 Å². The molecule has 0 saturated carbocycles. The lowest BCUT2D eigenvalue weighted by Crippen LogP contribution is -1.92. The van der Waals surface area contributed by atoms with Gasteiger partial charge in [-0.1, -0.05) is 48.0 Å². The van der Waals surface area contributed by atoms with Crippen molar-refractivity contribution in [2.45, 2.75) is 0 Å². The first kappa shape index (κ1) is 13.0. The molecule has 0 atom stereocenters. The molecule has 0 saturated heterocycles. The maximum absolute atomic E-state index is 5.96. The summed E-state index contributed by atoms with van der Waals surface area (Å²) in [5.41, 5.74) is 4.84. The SMILES string of the molecule is Clc1ccc(-c2cnc3cnc(-c4cc[c]cc4)cn23)cc1. The number of fused-ring (bicyclic) bond motifs is 1. The Balaban J connectivity index is 1.88. The smallest absolute Gasteiger partial charge is 0.155 e. The lowest BCUT2D eigenvalue weighted by Gasteiger charge is -2.05. The third kappa shape index (κ3) is 2.26. The van der Waals surface area contributed by atoms with E-state index in [1.807, 2.05) is 65.3 Å². The summed E-state index contributed by atoms with van der Waals surface area (Å²) in [6.07, 6.45) is 5.63. The van der Waals surface area contributed by atoms with Gasteiger partial charge in [-0.25, -0.2) is 4.98 Å². The van der Waals surface area contributed by atoms with Crippen LogP contribution in [0.25, 0.3) is 28.2 Å². The molecule has 0 amide bonds. The van der Waals surface area contributed by atoms with E-state index in [1.165, 1.54) is 0 Å². The number of hydrogen-bond acceptors (Lipinski definition) is 2. The molecule has 1 radical (unpaired) electrons. The minimum atomic E-state index is 0.723. The van der Waals surface area contributed by atoms with Crippen LogP contribution >= 0.6 is 11.6 Å². The van der Waals surface area contributed by atoms with Crippen LogP contribution in [0.2, 0.25) is 5.02 Å². The van der Waals surface area contributed by atoms with E-state index in [1.54, 1.807) is 6.20 Å². The van der Waals surface area contributed by atoms with Crippen LogP contribution in [0.5, 0.6) is 0 Å². The lowest BCUT2D eigenvalue weighted by molar-refractivity contribution is 1.13. The number of imidazole rings is 1. The number of hydrogen-bond donors (Lipinski definition) is 0. The predicted octanol–water partition coefficient (Wildman–Crippen LogP) is 4.52. The van der Waals surface area contributed by atoms with Gasteiger partial charge >= 0.3 is 0 Å². The number of benzene rings is 2. The zero-order valence-corrected chi connectivity index (χ0v) is 12.3. The van der Waals surface area contributed by atoms with Crippen LogP contribution in [0, 0.1) is 6.07 Å². The molecule has 0 fully saturated rings. The second-order valence-corrected chi connectivity index (χ2v) is 5.38. The van der Waals surface area contributed by atoms with E-state index < -0.39 is 0 Å². The molecule has 3 nitrogen and oxygen atoms in total. The summed E-state index contributed by atoms with van der Waals surface area (Å²) in [5, 5.41) is 0.723. The Hall–Kier alpha value is -2.65. The highest BCUT2D eigenvalue weighted by molar-refractivity contribution is 6.30. The van der Waals surface area contributed by atoms with E-state index in [2.05, 4.69) is 16.0 Å². The van der Waals surface area contributed by atoms with Gasteiger partial charge in [0, 0.05) is 22.3 Å². The van der Waals surface area contributed by atoms with Crippen LogP contribution in [-0.2, 0) is 0 Å². The van der Waals surface area contributed by atoms with Gasteiger partial charge in [0.05, 0.1) is 23.8 Å². The number of rotatable bonds is 2. The van der Waals surface area contributed by atoms with E-state index in [4.69, 9.17) is 11.6 Å². The van der Waals surface area contributed by atoms with E-state index >= 15 is 0 Å². The van der Waals surface area contributed by atoms with E-state index in [0.29, 0.717) is 0 Å². The van der Waals surface area contributed by atoms with Gasteiger partial charge in [-0.15, -0.1) is 0 Å². The largest absolute Gasteiger partial charge is 0.296 e. The molecular formula is C18H11ClN3. The maximum atomic E-state index is 5.96. The first-order valence-electron chi connectivity index (χ1n) is 6.87. The fraction of sp³-hybridized carbons (Fsp3) is 0. The van der Waals surface area contributed by atoms with E-state index in [-0.39, 0.29) is 0 Å². The van der Waals surface area contributed by atoms with Gasteiger partial charge in [-0.3, -0.25) is 9.38 Å². The molecule has 0 N–H and O–H groups in total. The zero-order chi connectivity index (χ0) is 14.9. The van der Waals surface area contributed by atoms with Crippen molar-refractivity contribution in [3.8, 4) is 22.5 Å². The van der Waals surface area contributed by atoms with Gasteiger partial charge in [-0.05, 0) is 18.2 Å². The summed E-state index contributed by atoms with van der Waals surface area (Å²) in [5.74, 6) is 0. The van der Waals surface area contributed by atoms with Crippen molar-refractivity contribution in [1.82, 2.24) is 14.4 Å². The second kappa shape index (κ2) is 5.28. The zero-order valence-electron chi connectivity index (χ0n) is 11.6. The van der Waals surface area contributed by atoms with Crippen LogP contribution in [0.3, 0.4) is 0 Å². The Kier molecular flexibility index (Phi) is 3.13. The number of halogens is 1. The first-order chi connectivity index (χ1) is 10.8. The van der Waals surface area contributed by atoms with Crippen molar-refractivity contribution < 1.29 is 0 Å². The molecule has 0 aliphatic carbocycles. The summed E-state index contributed by atoms with van der Waals surface area (Å²) >= 11 is 5.96. The highest BCUT2D eigenvalue weighted by Gasteiger charge is 2.08. The summed E-state index contributed by atoms with van der Waals surface area (Å²) in [6, 6.07) is 18.5. The molecule has 105 valence electrons. The van der Waals surface area contributed by atoms with Gasteiger partial charge in [0.15, 0.2) is 5.65 Å². The van der Waals surface area contributed by atoms with Gasteiger partial charge in [0.25, 0.3) is 0 Å². The molecule has 4 rings (SSSR count). The standard InChI is InChI=1S/C18H11ClN3/c19-15-8-6-14(7-9-15)17-10-21-18-11-20-16(12-22(17)18)13-4-2-1-3-5-13/h2-12H. The fourth-order valence-corrected chi connectivity index (χ4v) is 2.56. The molecular weight excluding hydrogens is 294 g/mol. The second-order valence-electron chi connectivity index (χ2n) is 4.94. The van der Waals surface area contributed by atoms with Crippen molar-refractivity contribution in [2.75, 3.05) is 0 Å². The van der Waals surface area contributed by atoms with Gasteiger partial charge < -0.3 is 0 Å². The maximum Gasteiger partial charge on any atom is 0.155 e. The molecule has 0 aliphatic rings.